The Labute approximate surface area is 290 Å². The second-order valence-corrected chi connectivity index (χ2v) is 11.2. The first-order chi connectivity index (χ1) is 23.5. The number of likely N-dealkylation sites (N-methyl/N-ethyl adjacent to an activating group) is 1. The van der Waals surface area contributed by atoms with Crippen molar-refractivity contribution in [2.45, 2.75) is 93.0 Å². The zero-order chi connectivity index (χ0) is 35.4. The topological polar surface area (TPSA) is 88.9 Å². The zero-order valence-corrected chi connectivity index (χ0v) is 30.5. The van der Waals surface area contributed by atoms with Crippen LogP contribution in [-0.2, 0) is 24.2 Å². The number of carbonyl (C=O) groups is 1. The fourth-order valence-corrected chi connectivity index (χ4v) is 4.86. The van der Waals surface area contributed by atoms with Gasteiger partial charge in [0, 0.05) is 31.0 Å². The minimum Gasteiger partial charge on any atom is -0.379 e. The van der Waals surface area contributed by atoms with E-state index in [9.17, 15) is 9.59 Å². The van der Waals surface area contributed by atoms with Crippen molar-refractivity contribution in [3.8, 4) is 11.4 Å². The third-order valence-electron chi connectivity index (χ3n) is 7.14. The Morgan fingerprint density at radius 2 is 1.52 bits per heavy atom. The van der Waals surface area contributed by atoms with Gasteiger partial charge in [0.2, 0.25) is 0 Å². The predicted molar refractivity (Wildman–Crippen MR) is 206 cm³/mol. The van der Waals surface area contributed by atoms with Gasteiger partial charge in [-0.2, -0.15) is 0 Å². The molecule has 2 aromatic heterocycles. The lowest BCUT2D eigenvalue weighted by molar-refractivity contribution is -0.108. The Kier molecular flexibility index (Phi) is 23.2. The van der Waals surface area contributed by atoms with Crippen LogP contribution in [0, 0.1) is 0 Å². The third kappa shape index (κ3) is 16.0. The molecule has 4 aromatic rings. The monoisotopic (exact) mass is 653 g/mol. The molecule has 0 saturated heterocycles. The van der Waals surface area contributed by atoms with Gasteiger partial charge in [-0.1, -0.05) is 133 Å². The fourth-order valence-electron chi connectivity index (χ4n) is 4.86. The van der Waals surface area contributed by atoms with Crippen LogP contribution in [0.4, 0.5) is 5.69 Å². The van der Waals surface area contributed by atoms with E-state index < -0.39 is 0 Å². The average molecular weight is 654 g/mol. The molecule has 0 fully saturated rings. The first-order valence-corrected chi connectivity index (χ1v) is 17.6. The number of pyridine rings is 1. The van der Waals surface area contributed by atoms with Gasteiger partial charge < -0.3 is 15.4 Å². The number of hydrogen-bond acceptors (Lipinski definition) is 6. The molecule has 4 rings (SSSR count). The Morgan fingerprint density at radius 3 is 2.12 bits per heavy atom. The number of nitrogens with one attached hydrogen (secondary N) is 2. The maximum absolute atomic E-state index is 12.5. The first-order valence-electron chi connectivity index (χ1n) is 17.6. The van der Waals surface area contributed by atoms with Gasteiger partial charge in [-0.25, -0.2) is 4.98 Å². The molecule has 260 valence electrons. The van der Waals surface area contributed by atoms with Crippen molar-refractivity contribution in [1.82, 2.24) is 19.9 Å². The smallest absolute Gasteiger partial charge is 0.277 e. The number of carbonyl (C=O) groups excluding carboxylic acids is 1. The normalized spacial score (nSPS) is 10.4. The van der Waals surface area contributed by atoms with Crippen molar-refractivity contribution in [3.63, 3.8) is 0 Å². The summed E-state index contributed by atoms with van der Waals surface area (Å²) in [5.41, 5.74) is 6.48. The molecule has 7 nitrogen and oxygen atoms in total. The molecule has 0 aliphatic heterocycles. The SMILES string of the molecule is CC.CCCCCNc1cnc(-c2ccccc2)n(CC=O)c1=O.CCCc1ccccc1.CCCc1ccncc1/C=C(\C)CNC. The Bertz CT molecular complexity index is 1480. The number of nitrogens with zero attached hydrogens (tertiary/aromatic N) is 3. The molecule has 2 aromatic carbocycles. The van der Waals surface area contributed by atoms with Crippen LogP contribution in [-0.4, -0.2) is 41.0 Å². The van der Waals surface area contributed by atoms with E-state index >= 15 is 0 Å². The number of unbranched alkanes of at least 4 members (excludes halogenated alkanes) is 2. The van der Waals surface area contributed by atoms with Gasteiger partial charge in [0.15, 0.2) is 0 Å². The number of rotatable bonds is 15. The van der Waals surface area contributed by atoms with Gasteiger partial charge in [-0.15, -0.1) is 0 Å². The van der Waals surface area contributed by atoms with Crippen LogP contribution in [0.15, 0.2) is 95.7 Å². The lowest BCUT2D eigenvalue weighted by atomic mass is 10.0. The summed E-state index contributed by atoms with van der Waals surface area (Å²) >= 11 is 0. The van der Waals surface area contributed by atoms with Gasteiger partial charge >= 0.3 is 0 Å². The fraction of sp³-hybridized carbons (Fsp3) is 0.415. The number of aromatic nitrogens is 3. The predicted octanol–water partition coefficient (Wildman–Crippen LogP) is 9.03. The highest BCUT2D eigenvalue weighted by Crippen LogP contribution is 2.16. The van der Waals surface area contributed by atoms with E-state index in [2.05, 4.69) is 90.8 Å². The quantitative estimate of drug-likeness (QED) is 0.0983. The first kappa shape index (κ1) is 41.7. The number of aryl methyl sites for hydroxylation is 2. The van der Waals surface area contributed by atoms with Crippen LogP contribution in [0.25, 0.3) is 17.5 Å². The van der Waals surface area contributed by atoms with Crippen LogP contribution in [0.5, 0.6) is 0 Å². The summed E-state index contributed by atoms with van der Waals surface area (Å²) in [5.74, 6) is 0.511. The Hall–Kier alpha value is -4.36. The summed E-state index contributed by atoms with van der Waals surface area (Å²) in [7, 11) is 1.97. The lowest BCUT2D eigenvalue weighted by Crippen LogP contribution is -2.27. The molecular formula is C41H59N5O2. The molecule has 7 heteroatoms. The van der Waals surface area contributed by atoms with Gasteiger partial charge in [-0.05, 0) is 56.0 Å². The highest BCUT2D eigenvalue weighted by Gasteiger charge is 2.11. The van der Waals surface area contributed by atoms with Gasteiger partial charge in [0.05, 0.1) is 12.7 Å². The van der Waals surface area contributed by atoms with E-state index in [0.717, 1.165) is 50.6 Å². The molecule has 0 aliphatic rings. The summed E-state index contributed by atoms with van der Waals surface area (Å²) in [4.78, 5) is 32.0. The standard InChI is InChI=1S/C17H21N3O2.C13H20N2.C9H12.C2H6/c1-2-3-7-10-18-15-13-19-16(14-8-5-4-6-9-14)20(11-12-21)17(15)22;1-4-5-12-6-7-15-10-13(12)8-11(2)9-14-3;1-2-6-9-7-4-3-5-8-9;1-2/h4-6,8-9,12-13,18H,2-3,7,10-11H2,1H3;6-8,10,14H,4-5,9H2,1-3H3;3-5,7-8H,2,6H2,1H3;1-2H3/b;11-8+;;. The molecular weight excluding hydrogens is 594 g/mol. The maximum Gasteiger partial charge on any atom is 0.277 e. The summed E-state index contributed by atoms with van der Waals surface area (Å²) in [6.45, 7) is 14.3. The van der Waals surface area contributed by atoms with E-state index in [4.69, 9.17) is 0 Å². The van der Waals surface area contributed by atoms with E-state index in [1.807, 2.05) is 63.6 Å². The van der Waals surface area contributed by atoms with Gasteiger partial charge in [0.1, 0.15) is 17.8 Å². The lowest BCUT2D eigenvalue weighted by Gasteiger charge is -2.12. The summed E-state index contributed by atoms with van der Waals surface area (Å²) in [6, 6.07) is 22.1. The second-order valence-electron chi connectivity index (χ2n) is 11.2. The Morgan fingerprint density at radius 1 is 0.854 bits per heavy atom. The highest BCUT2D eigenvalue weighted by atomic mass is 16.1. The third-order valence-corrected chi connectivity index (χ3v) is 7.14. The van der Waals surface area contributed by atoms with E-state index in [1.165, 1.54) is 46.1 Å². The molecule has 0 aliphatic carbocycles. The summed E-state index contributed by atoms with van der Waals surface area (Å²) in [6.07, 6.45) is 16.3. The van der Waals surface area contributed by atoms with E-state index in [0.29, 0.717) is 11.5 Å². The maximum atomic E-state index is 12.5. The molecule has 2 N–H and O–H groups in total. The van der Waals surface area contributed by atoms with Crippen molar-refractivity contribution in [3.05, 3.63) is 118 Å². The van der Waals surface area contributed by atoms with Gasteiger partial charge in [0.25, 0.3) is 5.56 Å². The Balaban J connectivity index is 0.000000382. The minimum atomic E-state index is -0.211. The molecule has 2 heterocycles. The van der Waals surface area contributed by atoms with Crippen molar-refractivity contribution in [2.24, 2.45) is 0 Å². The van der Waals surface area contributed by atoms with Crippen LogP contribution in [0.3, 0.4) is 0 Å². The molecule has 0 bridgehead atoms. The van der Waals surface area contributed by atoms with E-state index in [-0.39, 0.29) is 12.1 Å². The van der Waals surface area contributed by atoms with Crippen LogP contribution in [0.1, 0.15) is 90.3 Å². The number of aldehydes is 1. The van der Waals surface area contributed by atoms with Crippen molar-refractivity contribution in [1.29, 1.82) is 0 Å². The summed E-state index contributed by atoms with van der Waals surface area (Å²) in [5, 5.41) is 6.26. The van der Waals surface area contributed by atoms with Gasteiger partial charge in [-0.3, -0.25) is 14.3 Å². The number of hydrogen-bond donors (Lipinski definition) is 2. The molecule has 0 spiro atoms. The number of anilines is 1. The van der Waals surface area contributed by atoms with E-state index in [1.54, 1.807) is 6.20 Å². The molecule has 0 unspecified atom stereocenters. The largest absolute Gasteiger partial charge is 0.379 e. The molecule has 0 saturated carbocycles. The molecule has 48 heavy (non-hydrogen) atoms. The van der Waals surface area contributed by atoms with Crippen LogP contribution < -0.4 is 16.2 Å². The highest BCUT2D eigenvalue weighted by molar-refractivity contribution is 5.60. The molecule has 0 atom stereocenters. The summed E-state index contributed by atoms with van der Waals surface area (Å²) < 4.78 is 1.41. The van der Waals surface area contributed by atoms with Crippen LogP contribution >= 0.6 is 0 Å². The average Bonchev–Trinajstić information content (AvgIpc) is 3.12. The molecule has 0 amide bonds. The van der Waals surface area contributed by atoms with Crippen molar-refractivity contribution >= 4 is 18.0 Å². The van der Waals surface area contributed by atoms with Crippen molar-refractivity contribution in [2.75, 3.05) is 25.5 Å². The minimum absolute atomic E-state index is 0.000537. The van der Waals surface area contributed by atoms with Crippen molar-refractivity contribution < 1.29 is 4.79 Å². The zero-order valence-electron chi connectivity index (χ0n) is 30.5. The van der Waals surface area contributed by atoms with Crippen LogP contribution in [0.2, 0.25) is 0 Å². The molecule has 0 radical (unpaired) electrons. The second kappa shape index (κ2) is 26.7. The number of benzene rings is 2.